The van der Waals surface area contributed by atoms with Gasteiger partial charge in [-0.05, 0) is 54.8 Å². The molecule has 5 nitrogen and oxygen atoms in total. The van der Waals surface area contributed by atoms with E-state index in [2.05, 4.69) is 43.0 Å². The number of carbonyl (C=O) groups excluding carboxylic acids is 1. The van der Waals surface area contributed by atoms with Crippen molar-refractivity contribution in [2.45, 2.75) is 58.5 Å². The molecule has 1 spiro atoms. The fraction of sp³-hybridized carbons (Fsp3) is 0.619. The smallest absolute Gasteiger partial charge is 0.326 e. The van der Waals surface area contributed by atoms with E-state index in [0.29, 0.717) is 18.9 Å². The monoisotopic (exact) mass is 358 g/mol. The van der Waals surface area contributed by atoms with Gasteiger partial charge in [0.05, 0.1) is 0 Å². The van der Waals surface area contributed by atoms with Gasteiger partial charge in [0.25, 0.3) is 0 Å². The first-order valence-corrected chi connectivity index (χ1v) is 9.61. The molecule has 2 fully saturated rings. The molecule has 2 aliphatic rings. The molecule has 0 bridgehead atoms. The molecule has 1 amide bonds. The van der Waals surface area contributed by atoms with Crippen molar-refractivity contribution in [2.75, 3.05) is 19.6 Å². The van der Waals surface area contributed by atoms with E-state index in [9.17, 15) is 14.7 Å². The molecule has 1 atom stereocenters. The Kier molecular flexibility index (Phi) is 5.37. The maximum absolute atomic E-state index is 11.8. The summed E-state index contributed by atoms with van der Waals surface area (Å²) in [5, 5.41) is 9.45. The van der Waals surface area contributed by atoms with E-state index >= 15 is 0 Å². The van der Waals surface area contributed by atoms with Gasteiger partial charge in [0, 0.05) is 20.0 Å². The molecule has 1 aromatic rings. The molecule has 2 aliphatic heterocycles. The number of hydrogen-bond donors (Lipinski definition) is 1. The molecular formula is C21H30N2O3. The Morgan fingerprint density at radius 1 is 1.19 bits per heavy atom. The van der Waals surface area contributed by atoms with Gasteiger partial charge in [-0.25, -0.2) is 4.79 Å². The minimum atomic E-state index is -0.871. The summed E-state index contributed by atoms with van der Waals surface area (Å²) in [4.78, 5) is 27.3. The number of rotatable bonds is 4. The minimum absolute atomic E-state index is 0.0211. The zero-order valence-corrected chi connectivity index (χ0v) is 16.1. The quantitative estimate of drug-likeness (QED) is 0.898. The van der Waals surface area contributed by atoms with Gasteiger partial charge in [-0.15, -0.1) is 0 Å². The van der Waals surface area contributed by atoms with E-state index < -0.39 is 12.0 Å². The number of piperidine rings is 1. The predicted octanol–water partition coefficient (Wildman–Crippen LogP) is 3.10. The summed E-state index contributed by atoms with van der Waals surface area (Å²) < 4.78 is 0. The Labute approximate surface area is 156 Å². The topological polar surface area (TPSA) is 60.9 Å². The van der Waals surface area contributed by atoms with Crippen molar-refractivity contribution in [3.63, 3.8) is 0 Å². The van der Waals surface area contributed by atoms with Crippen LogP contribution in [0.2, 0.25) is 0 Å². The normalized spacial score (nSPS) is 22.9. The van der Waals surface area contributed by atoms with Crippen molar-refractivity contribution in [2.24, 2.45) is 5.41 Å². The molecule has 0 radical (unpaired) electrons. The van der Waals surface area contributed by atoms with Crippen LogP contribution in [-0.2, 0) is 16.1 Å². The highest BCUT2D eigenvalue weighted by molar-refractivity contribution is 5.83. The van der Waals surface area contributed by atoms with Crippen molar-refractivity contribution in [1.82, 2.24) is 9.80 Å². The van der Waals surface area contributed by atoms with E-state index in [1.165, 1.54) is 18.1 Å². The maximum Gasteiger partial charge on any atom is 0.326 e. The molecule has 1 N–H and O–H groups in total. The molecule has 0 saturated carbocycles. The van der Waals surface area contributed by atoms with E-state index in [0.717, 1.165) is 32.5 Å². The van der Waals surface area contributed by atoms with Crippen LogP contribution in [-0.4, -0.2) is 52.5 Å². The zero-order chi connectivity index (χ0) is 18.9. The Bertz CT molecular complexity index is 636. The first-order chi connectivity index (χ1) is 12.3. The van der Waals surface area contributed by atoms with Gasteiger partial charge in [0.15, 0.2) is 0 Å². The van der Waals surface area contributed by atoms with Crippen LogP contribution in [0.25, 0.3) is 0 Å². The van der Waals surface area contributed by atoms with Crippen molar-refractivity contribution in [3.8, 4) is 0 Å². The molecular weight excluding hydrogens is 328 g/mol. The summed E-state index contributed by atoms with van der Waals surface area (Å²) >= 11 is 0. The molecule has 3 rings (SSSR count). The molecule has 0 aliphatic carbocycles. The first-order valence-electron chi connectivity index (χ1n) is 9.61. The number of amides is 1. The summed E-state index contributed by atoms with van der Waals surface area (Å²) in [6.45, 7) is 9.34. The third-order valence-corrected chi connectivity index (χ3v) is 6.17. The average Bonchev–Trinajstić information content (AvgIpc) is 2.98. The SMILES string of the molecule is CC(=O)N1CC2(CCN(Cc3ccc(C(C)C)cc3)CC2)C[C@@H]1C(=O)O. The van der Waals surface area contributed by atoms with Gasteiger partial charge >= 0.3 is 5.97 Å². The number of carbonyl (C=O) groups is 2. The third kappa shape index (κ3) is 3.93. The lowest BCUT2D eigenvalue weighted by molar-refractivity contribution is -0.147. The molecule has 1 aromatic carbocycles. The van der Waals surface area contributed by atoms with Gasteiger partial charge in [0.2, 0.25) is 5.91 Å². The number of benzene rings is 1. The van der Waals surface area contributed by atoms with Crippen molar-refractivity contribution < 1.29 is 14.7 Å². The molecule has 2 heterocycles. The molecule has 2 saturated heterocycles. The van der Waals surface area contributed by atoms with Crippen LogP contribution in [0.4, 0.5) is 0 Å². The molecule has 142 valence electrons. The van der Waals surface area contributed by atoms with Crippen LogP contribution < -0.4 is 0 Å². The highest BCUT2D eigenvalue weighted by Gasteiger charge is 2.48. The van der Waals surface area contributed by atoms with Gasteiger partial charge in [0.1, 0.15) is 6.04 Å². The fourth-order valence-electron chi connectivity index (χ4n) is 4.42. The predicted molar refractivity (Wildman–Crippen MR) is 101 cm³/mol. The van der Waals surface area contributed by atoms with Crippen molar-refractivity contribution in [3.05, 3.63) is 35.4 Å². The molecule has 5 heteroatoms. The van der Waals surface area contributed by atoms with Gasteiger partial charge in [-0.2, -0.15) is 0 Å². The van der Waals surface area contributed by atoms with E-state index in [4.69, 9.17) is 0 Å². The van der Waals surface area contributed by atoms with E-state index in [-0.39, 0.29) is 11.3 Å². The number of aliphatic carboxylic acids is 1. The van der Waals surface area contributed by atoms with Crippen LogP contribution in [0.5, 0.6) is 0 Å². The lowest BCUT2D eigenvalue weighted by atomic mass is 9.76. The van der Waals surface area contributed by atoms with Crippen LogP contribution in [0.3, 0.4) is 0 Å². The molecule has 0 unspecified atom stereocenters. The Morgan fingerprint density at radius 2 is 1.81 bits per heavy atom. The van der Waals surface area contributed by atoms with Crippen LogP contribution in [0.1, 0.15) is 57.1 Å². The van der Waals surface area contributed by atoms with Crippen LogP contribution in [0.15, 0.2) is 24.3 Å². The number of carboxylic acids is 1. The Morgan fingerprint density at radius 3 is 2.27 bits per heavy atom. The highest BCUT2D eigenvalue weighted by atomic mass is 16.4. The molecule has 26 heavy (non-hydrogen) atoms. The number of likely N-dealkylation sites (tertiary alicyclic amines) is 2. The summed E-state index contributed by atoms with van der Waals surface area (Å²) in [6, 6.07) is 8.21. The summed E-state index contributed by atoms with van der Waals surface area (Å²) in [5.74, 6) is -0.445. The summed E-state index contributed by atoms with van der Waals surface area (Å²) in [5.41, 5.74) is 2.67. The maximum atomic E-state index is 11.8. The largest absolute Gasteiger partial charge is 0.480 e. The lowest BCUT2D eigenvalue weighted by Crippen LogP contribution is -2.42. The zero-order valence-electron chi connectivity index (χ0n) is 16.1. The standard InChI is InChI=1S/C21H30N2O3/c1-15(2)18-6-4-17(5-7-18)13-22-10-8-21(9-11-22)12-19(20(25)26)23(14-21)16(3)24/h4-7,15,19H,8-14H2,1-3H3,(H,25,26)/t19-/m1/s1. The average molecular weight is 358 g/mol. The lowest BCUT2D eigenvalue weighted by Gasteiger charge is -2.39. The molecule has 0 aromatic heterocycles. The Balaban J connectivity index is 1.59. The van der Waals surface area contributed by atoms with Gasteiger partial charge in [-0.1, -0.05) is 38.1 Å². The fourth-order valence-corrected chi connectivity index (χ4v) is 4.42. The van der Waals surface area contributed by atoms with E-state index in [1.54, 1.807) is 4.90 Å². The van der Waals surface area contributed by atoms with Crippen LogP contribution >= 0.6 is 0 Å². The summed E-state index contributed by atoms with van der Waals surface area (Å²) in [7, 11) is 0. The number of hydrogen-bond acceptors (Lipinski definition) is 3. The third-order valence-electron chi connectivity index (χ3n) is 6.17. The Hall–Kier alpha value is -1.88. The second-order valence-electron chi connectivity index (χ2n) is 8.38. The van der Waals surface area contributed by atoms with Crippen LogP contribution in [0, 0.1) is 5.41 Å². The van der Waals surface area contributed by atoms with Crippen molar-refractivity contribution >= 4 is 11.9 Å². The summed E-state index contributed by atoms with van der Waals surface area (Å²) in [6.07, 6.45) is 2.52. The van der Waals surface area contributed by atoms with Gasteiger partial charge < -0.3 is 10.0 Å². The minimum Gasteiger partial charge on any atom is -0.480 e. The van der Waals surface area contributed by atoms with Gasteiger partial charge in [-0.3, -0.25) is 9.69 Å². The second-order valence-corrected chi connectivity index (χ2v) is 8.38. The number of carboxylic acid groups (broad SMARTS) is 1. The number of nitrogens with zero attached hydrogens (tertiary/aromatic N) is 2. The van der Waals surface area contributed by atoms with Crippen molar-refractivity contribution in [1.29, 1.82) is 0 Å². The van der Waals surface area contributed by atoms with E-state index in [1.807, 2.05) is 0 Å². The second kappa shape index (κ2) is 7.39. The highest BCUT2D eigenvalue weighted by Crippen LogP contribution is 2.43. The first kappa shape index (κ1) is 18.9.